The zero-order chi connectivity index (χ0) is 16.2. The Bertz CT molecular complexity index is 845. The van der Waals surface area contributed by atoms with Gasteiger partial charge in [0.15, 0.2) is 0 Å². The average molecular weight is 332 g/mol. The molecule has 0 atom stereocenters. The molecule has 9 heteroatoms. The third kappa shape index (κ3) is 2.50. The predicted octanol–water partition coefficient (Wildman–Crippen LogP) is 2.41. The molecule has 3 rings (SSSR count). The van der Waals surface area contributed by atoms with Gasteiger partial charge in [-0.1, -0.05) is 6.07 Å². The van der Waals surface area contributed by atoms with Crippen LogP contribution in [-0.4, -0.2) is 18.9 Å². The molecule has 1 aromatic heterocycles. The lowest BCUT2D eigenvalue weighted by Gasteiger charge is -2.15. The minimum absolute atomic E-state index is 0.323. The maximum atomic E-state index is 12.4. The highest BCUT2D eigenvalue weighted by Gasteiger charge is 2.49. The van der Waals surface area contributed by atoms with Crippen LogP contribution in [0.15, 0.2) is 30.5 Å². The van der Waals surface area contributed by atoms with Crippen LogP contribution in [0.5, 0.6) is 5.75 Å². The van der Waals surface area contributed by atoms with E-state index in [-0.39, 0.29) is 0 Å². The molecule has 0 aliphatic heterocycles. The highest BCUT2D eigenvalue weighted by atomic mass is 32.2. The third-order valence-electron chi connectivity index (χ3n) is 3.51. The SMILES string of the molecule is NC1(c2cc(OS(=O)(=O)C(F)(F)F)cc3ncccc23)CC1. The molecule has 5 nitrogen and oxygen atoms in total. The van der Waals surface area contributed by atoms with Gasteiger partial charge >= 0.3 is 15.6 Å². The Hall–Kier alpha value is -1.87. The maximum absolute atomic E-state index is 12.4. The number of benzene rings is 1. The van der Waals surface area contributed by atoms with Crippen LogP contribution in [0.25, 0.3) is 10.9 Å². The van der Waals surface area contributed by atoms with Crippen molar-refractivity contribution >= 4 is 21.0 Å². The highest BCUT2D eigenvalue weighted by Crippen LogP contribution is 2.46. The summed E-state index contributed by atoms with van der Waals surface area (Å²) < 4.78 is 63.7. The van der Waals surface area contributed by atoms with Crippen molar-refractivity contribution in [1.29, 1.82) is 0 Å². The summed E-state index contributed by atoms with van der Waals surface area (Å²) >= 11 is 0. The van der Waals surface area contributed by atoms with Gasteiger partial charge in [-0.15, -0.1) is 0 Å². The molecule has 2 aromatic rings. The van der Waals surface area contributed by atoms with Crippen LogP contribution in [0.3, 0.4) is 0 Å². The Kier molecular flexibility index (Phi) is 3.12. The van der Waals surface area contributed by atoms with Crippen molar-refractivity contribution in [1.82, 2.24) is 4.98 Å². The van der Waals surface area contributed by atoms with Crippen molar-refractivity contribution < 1.29 is 25.8 Å². The first kappa shape index (κ1) is 15.0. The molecule has 118 valence electrons. The Morgan fingerprint density at radius 2 is 1.95 bits per heavy atom. The lowest BCUT2D eigenvalue weighted by atomic mass is 10.00. The number of fused-ring (bicyclic) bond motifs is 1. The monoisotopic (exact) mass is 332 g/mol. The van der Waals surface area contributed by atoms with Gasteiger partial charge < -0.3 is 9.92 Å². The fourth-order valence-electron chi connectivity index (χ4n) is 2.19. The molecular weight excluding hydrogens is 321 g/mol. The van der Waals surface area contributed by atoms with Crippen LogP contribution in [0.1, 0.15) is 18.4 Å². The molecule has 1 aliphatic rings. The lowest BCUT2D eigenvalue weighted by Crippen LogP contribution is -2.28. The van der Waals surface area contributed by atoms with Gasteiger partial charge in [0, 0.05) is 23.2 Å². The zero-order valence-corrected chi connectivity index (χ0v) is 11.9. The van der Waals surface area contributed by atoms with Gasteiger partial charge in [-0.25, -0.2) is 0 Å². The fraction of sp³-hybridized carbons (Fsp3) is 0.308. The summed E-state index contributed by atoms with van der Waals surface area (Å²) in [7, 11) is -5.73. The molecule has 1 aromatic carbocycles. The molecule has 0 bridgehead atoms. The number of aromatic nitrogens is 1. The summed E-state index contributed by atoms with van der Waals surface area (Å²) in [6, 6.07) is 5.78. The van der Waals surface area contributed by atoms with E-state index in [9.17, 15) is 21.6 Å². The summed E-state index contributed by atoms with van der Waals surface area (Å²) in [5, 5.41) is 0.666. The minimum atomic E-state index is -5.73. The highest BCUT2D eigenvalue weighted by molar-refractivity contribution is 7.88. The Labute approximate surface area is 124 Å². The standard InChI is InChI=1S/C13H11F3N2O3S/c14-13(15,16)22(19,20)21-8-6-10(12(17)3-4-12)9-2-1-5-18-11(9)7-8/h1-2,5-7H,3-4,17H2. The third-order valence-corrected chi connectivity index (χ3v) is 4.49. The molecule has 0 spiro atoms. The van der Waals surface area contributed by atoms with Crippen molar-refractivity contribution in [2.75, 3.05) is 0 Å². The largest absolute Gasteiger partial charge is 0.534 e. The zero-order valence-electron chi connectivity index (χ0n) is 11.1. The van der Waals surface area contributed by atoms with Crippen LogP contribution in [0.4, 0.5) is 13.2 Å². The summed E-state index contributed by atoms with van der Waals surface area (Å²) in [6.45, 7) is 0. The van der Waals surface area contributed by atoms with Gasteiger partial charge in [-0.2, -0.15) is 21.6 Å². The molecule has 1 fully saturated rings. The molecule has 1 saturated carbocycles. The Balaban J connectivity index is 2.13. The van der Waals surface area contributed by atoms with Crippen molar-refractivity contribution in [2.24, 2.45) is 5.73 Å². The number of halogens is 3. The molecule has 22 heavy (non-hydrogen) atoms. The van der Waals surface area contributed by atoms with Crippen LogP contribution >= 0.6 is 0 Å². The van der Waals surface area contributed by atoms with E-state index in [1.807, 2.05) is 0 Å². The van der Waals surface area contributed by atoms with Crippen molar-refractivity contribution in [3.05, 3.63) is 36.0 Å². The van der Waals surface area contributed by atoms with E-state index >= 15 is 0 Å². The maximum Gasteiger partial charge on any atom is 0.534 e. The molecule has 1 heterocycles. The molecule has 0 saturated heterocycles. The number of alkyl halides is 3. The first-order chi connectivity index (χ1) is 10.1. The van der Waals surface area contributed by atoms with Crippen molar-refractivity contribution in [2.45, 2.75) is 23.9 Å². The van der Waals surface area contributed by atoms with Gasteiger partial charge in [0.1, 0.15) is 5.75 Å². The predicted molar refractivity (Wildman–Crippen MR) is 72.4 cm³/mol. The molecule has 0 unspecified atom stereocenters. The summed E-state index contributed by atoms with van der Waals surface area (Å²) in [5.74, 6) is -0.449. The van der Waals surface area contributed by atoms with E-state index in [1.54, 1.807) is 12.1 Å². The molecule has 2 N–H and O–H groups in total. The number of nitrogens with zero attached hydrogens (tertiary/aromatic N) is 1. The molecule has 0 amide bonds. The second kappa shape index (κ2) is 4.56. The molecule has 0 radical (unpaired) electrons. The number of pyridine rings is 1. The average Bonchev–Trinajstić information content (AvgIpc) is 3.15. The van der Waals surface area contributed by atoms with Crippen LogP contribution in [-0.2, 0) is 15.7 Å². The van der Waals surface area contributed by atoms with Crippen LogP contribution < -0.4 is 9.92 Å². The summed E-state index contributed by atoms with van der Waals surface area (Å²) in [6.07, 6.45) is 2.77. The van der Waals surface area contributed by atoms with E-state index in [4.69, 9.17) is 5.73 Å². The molecular formula is C13H11F3N2O3S. The lowest BCUT2D eigenvalue weighted by molar-refractivity contribution is -0.0500. The summed E-state index contributed by atoms with van der Waals surface area (Å²) in [5.41, 5.74) is 0.782. The second-order valence-corrected chi connectivity index (χ2v) is 6.72. The van der Waals surface area contributed by atoms with Crippen molar-refractivity contribution in [3.63, 3.8) is 0 Å². The topological polar surface area (TPSA) is 82.3 Å². The minimum Gasteiger partial charge on any atom is -0.376 e. The number of hydrogen-bond acceptors (Lipinski definition) is 5. The van der Waals surface area contributed by atoms with E-state index in [0.717, 1.165) is 6.07 Å². The smallest absolute Gasteiger partial charge is 0.376 e. The first-order valence-corrected chi connectivity index (χ1v) is 7.72. The van der Waals surface area contributed by atoms with E-state index in [0.29, 0.717) is 29.3 Å². The quantitative estimate of drug-likeness (QED) is 0.689. The van der Waals surface area contributed by atoms with E-state index in [2.05, 4.69) is 9.17 Å². The van der Waals surface area contributed by atoms with Gasteiger partial charge in [-0.3, -0.25) is 4.98 Å². The Morgan fingerprint density at radius 3 is 2.55 bits per heavy atom. The van der Waals surface area contributed by atoms with Crippen LogP contribution in [0.2, 0.25) is 0 Å². The second-order valence-electron chi connectivity index (χ2n) is 5.18. The van der Waals surface area contributed by atoms with Gasteiger partial charge in [0.25, 0.3) is 0 Å². The van der Waals surface area contributed by atoms with Crippen molar-refractivity contribution in [3.8, 4) is 5.75 Å². The Morgan fingerprint density at radius 1 is 1.27 bits per heavy atom. The van der Waals surface area contributed by atoms with E-state index in [1.165, 1.54) is 12.3 Å². The summed E-state index contributed by atoms with van der Waals surface area (Å²) in [4.78, 5) is 4.02. The molecule has 1 aliphatic carbocycles. The van der Waals surface area contributed by atoms with Crippen LogP contribution in [0, 0.1) is 0 Å². The number of hydrogen-bond donors (Lipinski definition) is 1. The van der Waals surface area contributed by atoms with Gasteiger partial charge in [0.05, 0.1) is 5.52 Å². The first-order valence-electron chi connectivity index (χ1n) is 6.31. The number of nitrogens with two attached hydrogens (primary N) is 1. The fourth-order valence-corrected chi connectivity index (χ4v) is 2.64. The number of rotatable bonds is 3. The van der Waals surface area contributed by atoms with Gasteiger partial charge in [0.2, 0.25) is 0 Å². The van der Waals surface area contributed by atoms with Gasteiger partial charge in [-0.05, 0) is 30.5 Å². The van der Waals surface area contributed by atoms with E-state index < -0.39 is 26.9 Å². The normalized spacial score (nSPS) is 17.5.